The summed E-state index contributed by atoms with van der Waals surface area (Å²) in [6.45, 7) is 6.71. The number of nitrogens with one attached hydrogen (secondary N) is 2. The van der Waals surface area contributed by atoms with Gasteiger partial charge >= 0.3 is 0 Å². The summed E-state index contributed by atoms with van der Waals surface area (Å²) < 4.78 is 0. The molecule has 0 amide bonds. The second-order valence-corrected chi connectivity index (χ2v) is 2.71. The Balaban J connectivity index is 2.30. The fraction of sp³-hybridized carbons (Fsp3) is 1.00. The molecule has 0 aromatic rings. The summed E-state index contributed by atoms with van der Waals surface area (Å²) in [7, 11) is 0. The van der Waals surface area contributed by atoms with Crippen molar-refractivity contribution in [2.75, 3.05) is 13.1 Å². The molecule has 1 aliphatic heterocycles. The van der Waals surface area contributed by atoms with Crippen molar-refractivity contribution in [3.63, 3.8) is 0 Å². The lowest BCUT2D eigenvalue weighted by Gasteiger charge is -2.30. The molecule has 1 rings (SSSR count). The molecule has 0 unspecified atom stereocenters. The van der Waals surface area contributed by atoms with Crippen molar-refractivity contribution < 1.29 is 0 Å². The summed E-state index contributed by atoms with van der Waals surface area (Å²) in [5, 5.41) is 6.88. The zero-order chi connectivity index (χ0) is 6.69. The molecule has 54 valence electrons. The maximum atomic E-state index is 3.46. The van der Waals surface area contributed by atoms with Gasteiger partial charge in [0.05, 0.1) is 0 Å². The first kappa shape index (κ1) is 7.03. The van der Waals surface area contributed by atoms with Gasteiger partial charge in [-0.05, 0) is 13.3 Å². The van der Waals surface area contributed by atoms with Crippen molar-refractivity contribution in [2.24, 2.45) is 0 Å². The largest absolute Gasteiger partial charge is 0.311 e. The van der Waals surface area contributed by atoms with Crippen LogP contribution >= 0.6 is 0 Å². The first-order valence-corrected chi connectivity index (χ1v) is 3.81. The lowest BCUT2D eigenvalue weighted by molar-refractivity contribution is 0.331. The fourth-order valence-electron chi connectivity index (χ4n) is 1.37. The molecule has 0 aromatic heterocycles. The van der Waals surface area contributed by atoms with Crippen molar-refractivity contribution >= 4 is 0 Å². The van der Waals surface area contributed by atoms with Gasteiger partial charge in [0.15, 0.2) is 0 Å². The molecule has 9 heavy (non-hydrogen) atoms. The van der Waals surface area contributed by atoms with Crippen LogP contribution in [0.5, 0.6) is 0 Å². The molecule has 2 N–H and O–H groups in total. The van der Waals surface area contributed by atoms with Gasteiger partial charge in [0, 0.05) is 25.2 Å². The summed E-state index contributed by atoms with van der Waals surface area (Å²) in [6.07, 6.45) is 1.23. The first-order valence-electron chi connectivity index (χ1n) is 3.81. The highest BCUT2D eigenvalue weighted by atomic mass is 15.1. The zero-order valence-electron chi connectivity index (χ0n) is 6.28. The number of hydrogen-bond donors (Lipinski definition) is 2. The van der Waals surface area contributed by atoms with Crippen LogP contribution < -0.4 is 10.6 Å². The minimum atomic E-state index is 0.656. The average molecular weight is 128 g/mol. The van der Waals surface area contributed by atoms with Gasteiger partial charge in [-0.3, -0.25) is 0 Å². The Morgan fingerprint density at radius 2 is 2.00 bits per heavy atom. The molecule has 2 atom stereocenters. The van der Waals surface area contributed by atoms with Crippen molar-refractivity contribution in [3.8, 4) is 0 Å². The fourth-order valence-corrected chi connectivity index (χ4v) is 1.37. The van der Waals surface area contributed by atoms with Crippen molar-refractivity contribution in [1.29, 1.82) is 0 Å². The Bertz CT molecular complexity index is 83.0. The van der Waals surface area contributed by atoms with E-state index in [2.05, 4.69) is 24.5 Å². The standard InChI is InChI=1S/C7H16N2/c1-3-7-6(2)8-4-5-9-7/h6-9H,3-5H2,1-2H3/t6-,7-/m0/s1. The highest BCUT2D eigenvalue weighted by molar-refractivity contribution is 4.81. The minimum Gasteiger partial charge on any atom is -0.311 e. The third-order valence-corrected chi connectivity index (χ3v) is 2.04. The predicted molar refractivity (Wildman–Crippen MR) is 39.5 cm³/mol. The normalized spacial score (nSPS) is 36.7. The monoisotopic (exact) mass is 128 g/mol. The van der Waals surface area contributed by atoms with Crippen LogP contribution in [0.4, 0.5) is 0 Å². The Kier molecular flexibility index (Phi) is 2.49. The van der Waals surface area contributed by atoms with Gasteiger partial charge in [-0.25, -0.2) is 0 Å². The summed E-state index contributed by atoms with van der Waals surface area (Å²) in [4.78, 5) is 0. The van der Waals surface area contributed by atoms with Crippen LogP contribution in [0.2, 0.25) is 0 Å². The lowest BCUT2D eigenvalue weighted by Crippen LogP contribution is -2.54. The number of piperazine rings is 1. The Morgan fingerprint density at radius 3 is 2.44 bits per heavy atom. The summed E-state index contributed by atoms with van der Waals surface area (Å²) in [6, 6.07) is 1.35. The van der Waals surface area contributed by atoms with E-state index in [0.29, 0.717) is 12.1 Å². The van der Waals surface area contributed by atoms with E-state index < -0.39 is 0 Å². The number of hydrogen-bond acceptors (Lipinski definition) is 2. The highest BCUT2D eigenvalue weighted by Crippen LogP contribution is 2.00. The van der Waals surface area contributed by atoms with Crippen molar-refractivity contribution in [3.05, 3.63) is 0 Å². The first-order chi connectivity index (χ1) is 4.34. The van der Waals surface area contributed by atoms with Crippen LogP contribution in [0, 0.1) is 0 Å². The molecule has 1 aliphatic rings. The van der Waals surface area contributed by atoms with Crippen LogP contribution in [-0.2, 0) is 0 Å². The van der Waals surface area contributed by atoms with Gasteiger partial charge < -0.3 is 10.6 Å². The maximum absolute atomic E-state index is 3.46. The molecule has 1 heterocycles. The quantitative estimate of drug-likeness (QED) is 0.532. The van der Waals surface area contributed by atoms with E-state index in [9.17, 15) is 0 Å². The molecule has 1 fully saturated rings. The van der Waals surface area contributed by atoms with Crippen molar-refractivity contribution in [1.82, 2.24) is 10.6 Å². The van der Waals surface area contributed by atoms with E-state index in [-0.39, 0.29) is 0 Å². The van der Waals surface area contributed by atoms with E-state index >= 15 is 0 Å². The highest BCUT2D eigenvalue weighted by Gasteiger charge is 2.16. The summed E-state index contributed by atoms with van der Waals surface area (Å²) in [5.74, 6) is 0. The Hall–Kier alpha value is -0.0800. The topological polar surface area (TPSA) is 24.1 Å². The van der Waals surface area contributed by atoms with E-state index in [4.69, 9.17) is 0 Å². The number of rotatable bonds is 1. The maximum Gasteiger partial charge on any atom is 0.0216 e. The van der Waals surface area contributed by atoms with E-state index in [1.807, 2.05) is 0 Å². The van der Waals surface area contributed by atoms with Gasteiger partial charge in [-0.1, -0.05) is 6.92 Å². The summed E-state index contributed by atoms with van der Waals surface area (Å²) >= 11 is 0. The van der Waals surface area contributed by atoms with Crippen molar-refractivity contribution in [2.45, 2.75) is 32.4 Å². The smallest absolute Gasteiger partial charge is 0.0216 e. The third-order valence-electron chi connectivity index (χ3n) is 2.04. The van der Waals surface area contributed by atoms with Crippen LogP contribution in [0.25, 0.3) is 0 Å². The minimum absolute atomic E-state index is 0.656. The van der Waals surface area contributed by atoms with Gasteiger partial charge in [0.2, 0.25) is 0 Å². The molecule has 0 aromatic carbocycles. The van der Waals surface area contributed by atoms with Gasteiger partial charge in [0.1, 0.15) is 0 Å². The second kappa shape index (κ2) is 3.18. The van der Waals surface area contributed by atoms with E-state index in [0.717, 1.165) is 13.1 Å². The molecule has 0 aliphatic carbocycles. The molecule has 2 nitrogen and oxygen atoms in total. The molecule has 0 spiro atoms. The molecule has 0 radical (unpaired) electrons. The van der Waals surface area contributed by atoms with Gasteiger partial charge in [0.25, 0.3) is 0 Å². The van der Waals surface area contributed by atoms with Gasteiger partial charge in [-0.2, -0.15) is 0 Å². The third kappa shape index (κ3) is 1.66. The molecule has 0 bridgehead atoms. The molecular weight excluding hydrogens is 112 g/mol. The summed E-state index contributed by atoms with van der Waals surface area (Å²) in [5.41, 5.74) is 0. The van der Waals surface area contributed by atoms with Crippen LogP contribution in [0.3, 0.4) is 0 Å². The average Bonchev–Trinajstić information content (AvgIpc) is 1.89. The SMILES string of the molecule is CC[C@@H]1NCCN[C@H]1C. The van der Waals surface area contributed by atoms with Crippen LogP contribution in [0.15, 0.2) is 0 Å². The molecule has 1 saturated heterocycles. The Morgan fingerprint density at radius 1 is 1.33 bits per heavy atom. The van der Waals surface area contributed by atoms with Crippen LogP contribution in [0.1, 0.15) is 20.3 Å². The second-order valence-electron chi connectivity index (χ2n) is 2.71. The molecule has 0 saturated carbocycles. The Labute approximate surface area is 57.0 Å². The van der Waals surface area contributed by atoms with Crippen LogP contribution in [-0.4, -0.2) is 25.2 Å². The predicted octanol–water partition coefficient (Wildman–Crippen LogP) is 0.346. The van der Waals surface area contributed by atoms with Gasteiger partial charge in [-0.15, -0.1) is 0 Å². The molecular formula is C7H16N2. The lowest BCUT2D eigenvalue weighted by atomic mass is 10.1. The zero-order valence-corrected chi connectivity index (χ0v) is 6.28. The van der Waals surface area contributed by atoms with E-state index in [1.54, 1.807) is 0 Å². The van der Waals surface area contributed by atoms with E-state index in [1.165, 1.54) is 6.42 Å². The molecule has 2 heteroatoms.